The lowest BCUT2D eigenvalue weighted by Crippen LogP contribution is -2.51. The van der Waals surface area contributed by atoms with Gasteiger partial charge in [-0.1, -0.05) is 24.6 Å². The number of hydrogen-bond acceptors (Lipinski definition) is 7. The number of unbranched alkanes of at least 4 members (excludes halogenated alkanes) is 1. The highest BCUT2D eigenvalue weighted by atomic mass is 32.1. The van der Waals surface area contributed by atoms with Crippen LogP contribution in [0.2, 0.25) is 0 Å². The summed E-state index contributed by atoms with van der Waals surface area (Å²) in [5.74, 6) is -0.401. The normalized spacial score (nSPS) is 22.5. The van der Waals surface area contributed by atoms with Crippen LogP contribution in [0.25, 0.3) is 5.57 Å². The first-order chi connectivity index (χ1) is 16.4. The molecule has 2 aliphatic heterocycles. The van der Waals surface area contributed by atoms with Gasteiger partial charge >= 0.3 is 0 Å². The minimum Gasteiger partial charge on any atom is -0.493 e. The molecule has 0 spiro atoms. The minimum atomic E-state index is -1.05. The lowest BCUT2D eigenvalue weighted by molar-refractivity contribution is -0.130. The molecule has 34 heavy (non-hydrogen) atoms. The van der Waals surface area contributed by atoms with Crippen molar-refractivity contribution in [1.82, 2.24) is 15.3 Å². The molecule has 3 heterocycles. The van der Waals surface area contributed by atoms with Crippen molar-refractivity contribution in [1.29, 1.82) is 0 Å². The number of benzene rings is 1. The van der Waals surface area contributed by atoms with Crippen molar-refractivity contribution in [3.05, 3.63) is 51.4 Å². The van der Waals surface area contributed by atoms with Crippen LogP contribution in [0.15, 0.2) is 40.4 Å². The summed E-state index contributed by atoms with van der Waals surface area (Å²) in [6.45, 7) is 4.25. The van der Waals surface area contributed by atoms with E-state index in [9.17, 15) is 9.59 Å². The molecule has 1 unspecified atom stereocenters. The Morgan fingerprint density at radius 2 is 2.15 bits per heavy atom. The zero-order chi connectivity index (χ0) is 23.9. The quantitative estimate of drug-likeness (QED) is 0.551. The molecule has 1 aromatic heterocycles. The largest absolute Gasteiger partial charge is 0.493 e. The second kappa shape index (κ2) is 8.90. The van der Waals surface area contributed by atoms with Crippen LogP contribution in [0.4, 0.5) is 4.39 Å². The van der Waals surface area contributed by atoms with Crippen molar-refractivity contribution in [2.45, 2.75) is 57.4 Å². The van der Waals surface area contributed by atoms with Gasteiger partial charge in [-0.05, 0) is 38.2 Å². The molecule has 8 nitrogen and oxygen atoms in total. The number of ether oxygens (including phenoxy) is 1. The van der Waals surface area contributed by atoms with Crippen LogP contribution in [0.5, 0.6) is 5.75 Å². The summed E-state index contributed by atoms with van der Waals surface area (Å²) in [6.07, 6.45) is 6.21. The minimum absolute atomic E-state index is 0.110. The van der Waals surface area contributed by atoms with Crippen molar-refractivity contribution in [3.63, 3.8) is 0 Å². The van der Waals surface area contributed by atoms with Gasteiger partial charge in [0.15, 0.2) is 0 Å². The average Bonchev–Trinajstić information content (AvgIpc) is 3.38. The number of carbonyl (C=O) groups is 2. The van der Waals surface area contributed by atoms with E-state index < -0.39 is 17.3 Å². The standard InChI is InChI=1S/C24H26FN5O3S/c1-3-4-9-33-15-7-8-17(18(25)10-15)24(2)11-16(23-26-12-19(34-23)14-5-6-14)21(22(32)28-24)30-20(31)13-27-29-30/h7-8,10,12,14H,3-6,9,11,13H2,1-2H3,(H,28,32). The SMILES string of the molecule is CCCCOc1ccc(C2(C)CC(c3ncc(C4CC4)s3)=C(N3N=NCC3=O)C(=O)N2)c(F)c1. The van der Waals surface area contributed by atoms with Crippen molar-refractivity contribution in [2.75, 3.05) is 13.2 Å². The monoisotopic (exact) mass is 483 g/mol. The van der Waals surface area contributed by atoms with E-state index in [2.05, 4.69) is 27.6 Å². The van der Waals surface area contributed by atoms with Crippen LogP contribution in [0, 0.1) is 5.82 Å². The maximum Gasteiger partial charge on any atom is 0.272 e. The molecule has 1 saturated carbocycles. The lowest BCUT2D eigenvalue weighted by Gasteiger charge is -2.38. The summed E-state index contributed by atoms with van der Waals surface area (Å²) in [5.41, 5.74) is -0.0262. The van der Waals surface area contributed by atoms with E-state index in [1.165, 1.54) is 17.4 Å². The second-order valence-corrected chi connectivity index (χ2v) is 10.1. The second-order valence-electron chi connectivity index (χ2n) is 9.07. The van der Waals surface area contributed by atoms with E-state index in [0.29, 0.717) is 34.4 Å². The van der Waals surface area contributed by atoms with Gasteiger partial charge in [-0.2, -0.15) is 10.1 Å². The first-order valence-electron chi connectivity index (χ1n) is 11.5. The third-order valence-electron chi connectivity index (χ3n) is 6.29. The summed E-state index contributed by atoms with van der Waals surface area (Å²) in [4.78, 5) is 31.5. The fourth-order valence-corrected chi connectivity index (χ4v) is 5.41. The van der Waals surface area contributed by atoms with Gasteiger partial charge in [-0.3, -0.25) is 9.59 Å². The molecule has 2 aromatic rings. The first-order valence-corrected chi connectivity index (χ1v) is 12.4. The summed E-state index contributed by atoms with van der Waals surface area (Å²) in [7, 11) is 0. The number of hydrogen-bond donors (Lipinski definition) is 1. The van der Waals surface area contributed by atoms with Crippen LogP contribution < -0.4 is 10.1 Å². The van der Waals surface area contributed by atoms with Gasteiger partial charge in [0.2, 0.25) is 0 Å². The van der Waals surface area contributed by atoms with E-state index in [-0.39, 0.29) is 24.6 Å². The van der Waals surface area contributed by atoms with Crippen LogP contribution in [-0.2, 0) is 15.1 Å². The molecule has 5 rings (SSSR count). The molecule has 3 aliphatic rings. The first kappa shape index (κ1) is 22.6. The van der Waals surface area contributed by atoms with Crippen LogP contribution in [-0.4, -0.2) is 35.0 Å². The molecule has 0 saturated heterocycles. The summed E-state index contributed by atoms with van der Waals surface area (Å²) in [6, 6.07) is 4.73. The van der Waals surface area contributed by atoms with Gasteiger partial charge in [-0.15, -0.1) is 11.3 Å². The lowest BCUT2D eigenvalue weighted by atomic mass is 9.81. The van der Waals surface area contributed by atoms with Crippen molar-refractivity contribution < 1.29 is 18.7 Å². The zero-order valence-electron chi connectivity index (χ0n) is 19.1. The van der Waals surface area contributed by atoms with Crippen LogP contribution in [0.1, 0.15) is 67.3 Å². The molecule has 1 fully saturated rings. The average molecular weight is 484 g/mol. The van der Waals surface area contributed by atoms with Crippen molar-refractivity contribution in [2.24, 2.45) is 10.3 Å². The summed E-state index contributed by atoms with van der Waals surface area (Å²) >= 11 is 1.52. The molecule has 178 valence electrons. The molecule has 1 atom stereocenters. The maximum atomic E-state index is 15.3. The fraction of sp³-hybridized carbons (Fsp3) is 0.458. The third-order valence-corrected chi connectivity index (χ3v) is 7.51. The number of rotatable bonds is 8. The van der Waals surface area contributed by atoms with E-state index in [1.807, 2.05) is 6.20 Å². The molecule has 1 N–H and O–H groups in total. The van der Waals surface area contributed by atoms with Crippen LogP contribution in [0.3, 0.4) is 0 Å². The molecule has 1 aromatic carbocycles. The maximum absolute atomic E-state index is 15.3. The Morgan fingerprint density at radius 3 is 2.82 bits per heavy atom. The predicted molar refractivity (Wildman–Crippen MR) is 124 cm³/mol. The molecular weight excluding hydrogens is 457 g/mol. The molecular formula is C24H26FN5O3S. The Bertz CT molecular complexity index is 1200. The van der Waals surface area contributed by atoms with Gasteiger partial charge in [0.1, 0.15) is 28.8 Å². The Balaban J connectivity index is 1.52. The van der Waals surface area contributed by atoms with Crippen LogP contribution >= 0.6 is 11.3 Å². The smallest absolute Gasteiger partial charge is 0.272 e. The van der Waals surface area contributed by atoms with E-state index in [0.717, 1.165) is 35.6 Å². The van der Waals surface area contributed by atoms with E-state index in [4.69, 9.17) is 4.74 Å². The number of halogens is 1. The van der Waals surface area contributed by atoms with Crippen molar-refractivity contribution >= 4 is 28.7 Å². The van der Waals surface area contributed by atoms with Crippen molar-refractivity contribution in [3.8, 4) is 5.75 Å². The highest BCUT2D eigenvalue weighted by molar-refractivity contribution is 7.12. The Morgan fingerprint density at radius 1 is 1.32 bits per heavy atom. The fourth-order valence-electron chi connectivity index (χ4n) is 4.28. The Hall–Kier alpha value is -3.14. The summed E-state index contributed by atoms with van der Waals surface area (Å²) < 4.78 is 20.9. The number of nitrogens with zero attached hydrogens (tertiary/aromatic N) is 4. The topological polar surface area (TPSA) is 96.2 Å². The van der Waals surface area contributed by atoms with Gasteiger partial charge in [0, 0.05) is 34.7 Å². The number of aromatic nitrogens is 1. The molecule has 2 amide bonds. The molecule has 1 aliphatic carbocycles. The predicted octanol–water partition coefficient (Wildman–Crippen LogP) is 4.69. The number of carbonyl (C=O) groups excluding carboxylic acids is 2. The number of amides is 2. The third kappa shape index (κ3) is 4.22. The molecule has 0 bridgehead atoms. The molecule has 0 radical (unpaired) electrons. The van der Waals surface area contributed by atoms with Gasteiger partial charge in [0.05, 0.1) is 12.1 Å². The Kier molecular flexibility index (Phi) is 5.93. The van der Waals surface area contributed by atoms with E-state index >= 15 is 4.39 Å². The zero-order valence-corrected chi connectivity index (χ0v) is 20.0. The highest BCUT2D eigenvalue weighted by Crippen LogP contribution is 2.46. The Labute approximate surface area is 200 Å². The highest BCUT2D eigenvalue weighted by Gasteiger charge is 2.44. The van der Waals surface area contributed by atoms with E-state index in [1.54, 1.807) is 19.1 Å². The summed E-state index contributed by atoms with van der Waals surface area (Å²) in [5, 5.41) is 12.3. The van der Waals surface area contributed by atoms with Gasteiger partial charge in [-0.25, -0.2) is 9.37 Å². The van der Waals surface area contributed by atoms with Gasteiger partial charge < -0.3 is 10.1 Å². The number of nitrogens with one attached hydrogen (secondary N) is 1. The van der Waals surface area contributed by atoms with Gasteiger partial charge in [0.25, 0.3) is 11.8 Å². The number of thiazole rings is 1. The molecule has 10 heteroatoms.